The Kier molecular flexibility index (Phi) is 4.21. The van der Waals surface area contributed by atoms with Gasteiger partial charge in [0, 0.05) is 13.1 Å². The van der Waals surface area contributed by atoms with Crippen LogP contribution in [-0.2, 0) is 22.5 Å². The lowest BCUT2D eigenvalue weighted by atomic mass is 10.3. The Balaban J connectivity index is 1.92. The molecular formula is C14H18N4O3S. The summed E-state index contributed by atoms with van der Waals surface area (Å²) in [4.78, 5) is 30.8. The third kappa shape index (κ3) is 2.76. The molecule has 2 aromatic heterocycles. The molecule has 1 amide bonds. The van der Waals surface area contributed by atoms with Crippen molar-refractivity contribution in [1.29, 1.82) is 0 Å². The van der Waals surface area contributed by atoms with E-state index in [9.17, 15) is 9.59 Å². The number of amides is 1. The highest BCUT2D eigenvalue weighted by Crippen LogP contribution is 2.21. The molecule has 0 saturated carbocycles. The van der Waals surface area contributed by atoms with E-state index in [0.29, 0.717) is 31.8 Å². The minimum atomic E-state index is -0.293. The van der Waals surface area contributed by atoms with Crippen LogP contribution in [0.3, 0.4) is 0 Å². The molecule has 3 heterocycles. The predicted octanol–water partition coefficient (Wildman–Crippen LogP) is 0.583. The normalized spacial score (nSPS) is 15.5. The molecule has 1 aliphatic heterocycles. The number of morpholine rings is 1. The van der Waals surface area contributed by atoms with Crippen molar-refractivity contribution in [3.63, 3.8) is 0 Å². The van der Waals surface area contributed by atoms with E-state index in [1.54, 1.807) is 4.90 Å². The van der Waals surface area contributed by atoms with Crippen LogP contribution in [-0.4, -0.2) is 51.9 Å². The second-order valence-corrected chi connectivity index (χ2v) is 6.26. The van der Waals surface area contributed by atoms with E-state index in [2.05, 4.69) is 10.1 Å². The van der Waals surface area contributed by atoms with E-state index >= 15 is 0 Å². The molecular weight excluding hydrogens is 304 g/mol. The van der Waals surface area contributed by atoms with Crippen molar-refractivity contribution in [3.8, 4) is 0 Å². The van der Waals surface area contributed by atoms with Gasteiger partial charge in [-0.2, -0.15) is 5.10 Å². The third-order valence-electron chi connectivity index (χ3n) is 3.66. The molecule has 118 valence electrons. The molecule has 0 N–H and O–H groups in total. The number of carbonyl (C=O) groups excluding carboxylic acids is 1. The minimum absolute atomic E-state index is 0.0470. The number of nitrogens with zero attached hydrogens (tertiary/aromatic N) is 4. The number of aromatic nitrogens is 3. The van der Waals surface area contributed by atoms with Gasteiger partial charge in [0.2, 0.25) is 5.91 Å². The van der Waals surface area contributed by atoms with E-state index in [-0.39, 0.29) is 18.0 Å². The zero-order chi connectivity index (χ0) is 15.7. The molecule has 0 bridgehead atoms. The first-order chi connectivity index (χ1) is 10.6. The molecule has 1 saturated heterocycles. The highest BCUT2D eigenvalue weighted by molar-refractivity contribution is 7.18. The monoisotopic (exact) mass is 322 g/mol. The van der Waals surface area contributed by atoms with Crippen LogP contribution >= 0.6 is 11.3 Å². The SMILES string of the molecule is CCc1nc2c(=O)n(CC(=O)N3CCOCC3)nc(C)c2s1. The molecule has 3 rings (SSSR count). The molecule has 0 unspecified atom stereocenters. The number of ether oxygens (including phenoxy) is 1. The van der Waals surface area contributed by atoms with Gasteiger partial charge in [-0.15, -0.1) is 11.3 Å². The Bertz CT molecular complexity index is 761. The lowest BCUT2D eigenvalue weighted by Gasteiger charge is -2.26. The van der Waals surface area contributed by atoms with E-state index in [1.165, 1.54) is 16.0 Å². The molecule has 22 heavy (non-hydrogen) atoms. The van der Waals surface area contributed by atoms with Crippen molar-refractivity contribution in [2.75, 3.05) is 26.3 Å². The minimum Gasteiger partial charge on any atom is -0.378 e. The van der Waals surface area contributed by atoms with E-state index in [4.69, 9.17) is 4.74 Å². The van der Waals surface area contributed by atoms with Crippen LogP contribution in [0, 0.1) is 6.92 Å². The fourth-order valence-corrected chi connectivity index (χ4v) is 3.38. The summed E-state index contributed by atoms with van der Waals surface area (Å²) in [5.41, 5.74) is 0.865. The number of aryl methyl sites for hydroxylation is 2. The van der Waals surface area contributed by atoms with Gasteiger partial charge >= 0.3 is 0 Å². The van der Waals surface area contributed by atoms with Gasteiger partial charge in [-0.25, -0.2) is 9.67 Å². The average molecular weight is 322 g/mol. The van der Waals surface area contributed by atoms with E-state index in [0.717, 1.165) is 21.8 Å². The Hall–Kier alpha value is -1.80. The van der Waals surface area contributed by atoms with Crippen LogP contribution in [0.4, 0.5) is 0 Å². The zero-order valence-corrected chi connectivity index (χ0v) is 13.5. The number of fused-ring (bicyclic) bond motifs is 1. The van der Waals surface area contributed by atoms with Gasteiger partial charge < -0.3 is 9.64 Å². The maximum absolute atomic E-state index is 12.5. The molecule has 8 heteroatoms. The second kappa shape index (κ2) is 6.13. The van der Waals surface area contributed by atoms with E-state index < -0.39 is 0 Å². The topological polar surface area (TPSA) is 77.3 Å². The van der Waals surface area contributed by atoms with Crippen molar-refractivity contribution < 1.29 is 9.53 Å². The fourth-order valence-electron chi connectivity index (χ4n) is 2.45. The van der Waals surface area contributed by atoms with Crippen LogP contribution in [0.25, 0.3) is 10.2 Å². The van der Waals surface area contributed by atoms with Crippen LogP contribution < -0.4 is 5.56 Å². The van der Waals surface area contributed by atoms with Crippen molar-refractivity contribution in [3.05, 3.63) is 21.1 Å². The number of carbonyl (C=O) groups is 1. The molecule has 2 aromatic rings. The smallest absolute Gasteiger partial charge is 0.294 e. The Labute approximate surface area is 131 Å². The Morgan fingerprint density at radius 2 is 2.09 bits per heavy atom. The van der Waals surface area contributed by atoms with Crippen molar-refractivity contribution in [2.24, 2.45) is 0 Å². The summed E-state index contributed by atoms with van der Waals surface area (Å²) in [7, 11) is 0. The van der Waals surface area contributed by atoms with Crippen LogP contribution in [0.2, 0.25) is 0 Å². The van der Waals surface area contributed by atoms with Crippen LogP contribution in [0.1, 0.15) is 17.6 Å². The second-order valence-electron chi connectivity index (χ2n) is 5.18. The molecule has 0 spiro atoms. The first kappa shape index (κ1) is 15.1. The fraction of sp³-hybridized carbons (Fsp3) is 0.571. The van der Waals surface area contributed by atoms with Crippen molar-refractivity contribution >= 4 is 27.5 Å². The van der Waals surface area contributed by atoms with Gasteiger partial charge in [-0.05, 0) is 13.3 Å². The summed E-state index contributed by atoms with van der Waals surface area (Å²) in [5, 5.41) is 5.19. The number of hydrogen-bond donors (Lipinski definition) is 0. The van der Waals surface area contributed by atoms with E-state index in [1.807, 2.05) is 13.8 Å². The maximum Gasteiger partial charge on any atom is 0.294 e. The molecule has 1 fully saturated rings. The molecule has 1 aliphatic rings. The molecule has 0 atom stereocenters. The lowest BCUT2D eigenvalue weighted by molar-refractivity contribution is -0.136. The summed E-state index contributed by atoms with van der Waals surface area (Å²) in [6.45, 7) is 6.00. The van der Waals surface area contributed by atoms with Gasteiger partial charge in [0.05, 0.1) is 28.6 Å². The number of rotatable bonds is 3. The number of thiazole rings is 1. The Morgan fingerprint density at radius 1 is 1.36 bits per heavy atom. The van der Waals surface area contributed by atoms with Crippen molar-refractivity contribution in [1.82, 2.24) is 19.7 Å². The first-order valence-corrected chi connectivity index (χ1v) is 8.14. The molecule has 0 aromatic carbocycles. The quantitative estimate of drug-likeness (QED) is 0.826. The summed E-state index contributed by atoms with van der Waals surface area (Å²) in [6, 6.07) is 0. The Morgan fingerprint density at radius 3 is 2.77 bits per heavy atom. The summed E-state index contributed by atoms with van der Waals surface area (Å²) in [6.07, 6.45) is 0.783. The summed E-state index contributed by atoms with van der Waals surface area (Å²) < 4.78 is 7.28. The van der Waals surface area contributed by atoms with Gasteiger partial charge in [-0.3, -0.25) is 9.59 Å². The average Bonchev–Trinajstić information content (AvgIpc) is 2.98. The third-order valence-corrected chi connectivity index (χ3v) is 4.97. The zero-order valence-electron chi connectivity index (χ0n) is 12.7. The molecule has 0 radical (unpaired) electrons. The number of hydrogen-bond acceptors (Lipinski definition) is 6. The van der Waals surface area contributed by atoms with Crippen LogP contribution in [0.5, 0.6) is 0 Å². The maximum atomic E-state index is 12.5. The van der Waals surface area contributed by atoms with Gasteiger partial charge in [0.1, 0.15) is 6.54 Å². The predicted molar refractivity (Wildman–Crippen MR) is 83.2 cm³/mol. The molecule has 0 aliphatic carbocycles. The largest absolute Gasteiger partial charge is 0.378 e. The summed E-state index contributed by atoms with van der Waals surface area (Å²) >= 11 is 1.49. The standard InChI is InChI=1S/C14H18N4O3S/c1-3-10-15-12-13(22-10)9(2)16-18(14(12)20)8-11(19)17-4-6-21-7-5-17/h3-8H2,1-2H3. The van der Waals surface area contributed by atoms with Crippen LogP contribution in [0.15, 0.2) is 4.79 Å². The summed E-state index contributed by atoms with van der Waals surface area (Å²) in [5.74, 6) is -0.109. The van der Waals surface area contributed by atoms with Crippen molar-refractivity contribution in [2.45, 2.75) is 26.8 Å². The van der Waals surface area contributed by atoms with Gasteiger partial charge in [-0.1, -0.05) is 6.92 Å². The lowest BCUT2D eigenvalue weighted by Crippen LogP contribution is -2.43. The molecule has 7 nitrogen and oxygen atoms in total. The first-order valence-electron chi connectivity index (χ1n) is 7.32. The highest BCUT2D eigenvalue weighted by Gasteiger charge is 2.20. The van der Waals surface area contributed by atoms with Gasteiger partial charge in [0.15, 0.2) is 5.52 Å². The highest BCUT2D eigenvalue weighted by atomic mass is 32.1. The van der Waals surface area contributed by atoms with Gasteiger partial charge in [0.25, 0.3) is 5.56 Å².